The molecule has 0 radical (unpaired) electrons. The van der Waals surface area contributed by atoms with E-state index in [1.807, 2.05) is 32.0 Å². The lowest BCUT2D eigenvalue weighted by Crippen LogP contribution is -1.95. The van der Waals surface area contributed by atoms with Gasteiger partial charge in [-0.1, -0.05) is 39.0 Å². The molecule has 0 bridgehead atoms. The van der Waals surface area contributed by atoms with Crippen molar-refractivity contribution in [2.45, 2.75) is 27.2 Å². The summed E-state index contributed by atoms with van der Waals surface area (Å²) in [6.07, 6.45) is 2.59. The third-order valence-corrected chi connectivity index (χ3v) is 2.06. The molecule has 0 spiro atoms. The van der Waals surface area contributed by atoms with E-state index in [-0.39, 0.29) is 5.83 Å². The highest BCUT2D eigenvalue weighted by Gasteiger charge is 2.14. The number of halogens is 1. The molecular weight excluding hydrogens is 163 g/mol. The molecule has 13 heavy (non-hydrogen) atoms. The second-order valence-corrected chi connectivity index (χ2v) is 2.77. The van der Waals surface area contributed by atoms with Gasteiger partial charge in [0.2, 0.25) is 0 Å². The molecule has 0 aromatic heterocycles. The zero-order valence-electron chi connectivity index (χ0n) is 8.39. The molecule has 0 aliphatic heterocycles. The molecule has 1 aliphatic carbocycles. The van der Waals surface area contributed by atoms with Gasteiger partial charge in [0.05, 0.1) is 0 Å². The molecule has 0 N–H and O–H groups in total. The van der Waals surface area contributed by atoms with Crippen LogP contribution in [0.25, 0.3) is 11.9 Å². The van der Waals surface area contributed by atoms with Gasteiger partial charge in [-0.15, -0.1) is 0 Å². The molecule has 1 aromatic carbocycles. The number of aryl methyl sites for hydroxylation is 1. The summed E-state index contributed by atoms with van der Waals surface area (Å²) in [6.45, 7) is 6.10. The normalized spacial score (nSPS) is 11.8. The monoisotopic (exact) mass is 178 g/mol. The highest BCUT2D eigenvalue weighted by atomic mass is 19.1. The Kier molecular flexibility index (Phi) is 3.24. The Morgan fingerprint density at radius 2 is 1.92 bits per heavy atom. The zero-order chi connectivity index (χ0) is 9.84. The predicted molar refractivity (Wildman–Crippen MR) is 56.1 cm³/mol. The van der Waals surface area contributed by atoms with Crippen LogP contribution in [0.3, 0.4) is 0 Å². The number of benzene rings is 1. The summed E-state index contributed by atoms with van der Waals surface area (Å²) in [7, 11) is 0. The van der Waals surface area contributed by atoms with Crippen LogP contribution in [0.2, 0.25) is 0 Å². The van der Waals surface area contributed by atoms with E-state index >= 15 is 0 Å². The molecule has 1 heteroatoms. The first kappa shape index (κ1) is 9.97. The molecule has 70 valence electrons. The summed E-state index contributed by atoms with van der Waals surface area (Å²) < 4.78 is 12.6. The standard InChI is InChI=1S/C10H9F.C2H6/c1-2-7-3-4-9-8(5-7)6-10(9)11;1-2/h3-6H,2H2,1H3;1-2H3. The van der Waals surface area contributed by atoms with Crippen molar-refractivity contribution in [2.75, 3.05) is 0 Å². The molecule has 0 heterocycles. The maximum Gasteiger partial charge on any atom is 0.131 e. The van der Waals surface area contributed by atoms with Crippen molar-refractivity contribution >= 4 is 11.9 Å². The van der Waals surface area contributed by atoms with Crippen molar-refractivity contribution in [2.24, 2.45) is 0 Å². The highest BCUT2D eigenvalue weighted by molar-refractivity contribution is 5.91. The molecule has 0 saturated heterocycles. The molecule has 0 amide bonds. The van der Waals surface area contributed by atoms with Crippen LogP contribution in [-0.4, -0.2) is 0 Å². The molecule has 0 unspecified atom stereocenters. The minimum Gasteiger partial charge on any atom is -0.206 e. The minimum absolute atomic E-state index is 0.0809. The molecule has 0 saturated carbocycles. The number of hydrogen-bond donors (Lipinski definition) is 0. The van der Waals surface area contributed by atoms with Gasteiger partial charge in [-0.05, 0) is 23.6 Å². The van der Waals surface area contributed by atoms with E-state index < -0.39 is 0 Å². The maximum absolute atomic E-state index is 12.6. The molecule has 0 atom stereocenters. The van der Waals surface area contributed by atoms with Crippen LogP contribution in [0.15, 0.2) is 18.2 Å². The zero-order valence-corrected chi connectivity index (χ0v) is 8.39. The van der Waals surface area contributed by atoms with E-state index in [1.54, 1.807) is 6.08 Å². The summed E-state index contributed by atoms with van der Waals surface area (Å²) >= 11 is 0. The van der Waals surface area contributed by atoms with E-state index in [1.165, 1.54) is 5.56 Å². The maximum atomic E-state index is 12.6. The smallest absolute Gasteiger partial charge is 0.131 e. The second kappa shape index (κ2) is 4.22. The molecular formula is C12H15F. The quantitative estimate of drug-likeness (QED) is 0.608. The Hall–Kier alpha value is -1.11. The topological polar surface area (TPSA) is 0 Å². The van der Waals surface area contributed by atoms with E-state index in [0.717, 1.165) is 17.5 Å². The van der Waals surface area contributed by atoms with Crippen LogP contribution in [0.1, 0.15) is 37.5 Å². The van der Waals surface area contributed by atoms with Crippen LogP contribution >= 0.6 is 0 Å². The Balaban J connectivity index is 0.000000396. The van der Waals surface area contributed by atoms with Gasteiger partial charge in [0, 0.05) is 5.56 Å². The fourth-order valence-corrected chi connectivity index (χ4v) is 1.31. The first-order valence-electron chi connectivity index (χ1n) is 4.82. The first-order chi connectivity index (χ1) is 6.31. The van der Waals surface area contributed by atoms with Crippen LogP contribution in [0.5, 0.6) is 0 Å². The van der Waals surface area contributed by atoms with Gasteiger partial charge < -0.3 is 0 Å². The van der Waals surface area contributed by atoms with E-state index in [4.69, 9.17) is 0 Å². The molecule has 0 nitrogen and oxygen atoms in total. The summed E-state index contributed by atoms with van der Waals surface area (Å²) in [4.78, 5) is 0. The summed E-state index contributed by atoms with van der Waals surface area (Å²) in [5.41, 5.74) is 3.08. The van der Waals surface area contributed by atoms with E-state index in [0.29, 0.717) is 0 Å². The minimum atomic E-state index is -0.0809. The predicted octanol–water partition coefficient (Wildman–Crippen LogP) is 4.06. The Bertz CT molecular complexity index is 324. The SMILES string of the molecule is CC.CCc1ccc2c(c1)C=C2F. The number of fused-ring (bicyclic) bond motifs is 1. The summed E-state index contributed by atoms with van der Waals surface area (Å²) in [5, 5.41) is 0. The van der Waals surface area contributed by atoms with Gasteiger partial charge in [0.1, 0.15) is 5.83 Å². The summed E-state index contributed by atoms with van der Waals surface area (Å²) in [5.74, 6) is -0.0809. The fraction of sp³-hybridized carbons (Fsp3) is 0.333. The lowest BCUT2D eigenvalue weighted by atomic mass is 9.94. The van der Waals surface area contributed by atoms with Crippen LogP contribution in [0, 0.1) is 0 Å². The number of rotatable bonds is 1. The van der Waals surface area contributed by atoms with Crippen molar-refractivity contribution in [3.05, 3.63) is 34.9 Å². The van der Waals surface area contributed by atoms with Crippen molar-refractivity contribution in [3.8, 4) is 0 Å². The van der Waals surface area contributed by atoms with Gasteiger partial charge in [-0.2, -0.15) is 0 Å². The fourth-order valence-electron chi connectivity index (χ4n) is 1.31. The van der Waals surface area contributed by atoms with Gasteiger partial charge in [-0.3, -0.25) is 0 Å². The van der Waals surface area contributed by atoms with Crippen LogP contribution < -0.4 is 0 Å². The Morgan fingerprint density at radius 1 is 1.23 bits per heavy atom. The van der Waals surface area contributed by atoms with Crippen molar-refractivity contribution in [1.82, 2.24) is 0 Å². The van der Waals surface area contributed by atoms with Crippen molar-refractivity contribution in [3.63, 3.8) is 0 Å². The lowest BCUT2D eigenvalue weighted by molar-refractivity contribution is 0.757. The van der Waals surface area contributed by atoms with Gasteiger partial charge in [0.25, 0.3) is 0 Å². The lowest BCUT2D eigenvalue weighted by Gasteiger charge is -2.13. The Labute approximate surface area is 79.1 Å². The summed E-state index contributed by atoms with van der Waals surface area (Å²) in [6, 6.07) is 5.87. The van der Waals surface area contributed by atoms with E-state index in [2.05, 4.69) is 6.92 Å². The van der Waals surface area contributed by atoms with Gasteiger partial charge in [-0.25, -0.2) is 4.39 Å². The van der Waals surface area contributed by atoms with Crippen LogP contribution in [-0.2, 0) is 6.42 Å². The molecule has 2 rings (SSSR count). The second-order valence-electron chi connectivity index (χ2n) is 2.77. The van der Waals surface area contributed by atoms with Gasteiger partial charge in [0.15, 0.2) is 0 Å². The molecule has 1 aliphatic rings. The van der Waals surface area contributed by atoms with Crippen molar-refractivity contribution in [1.29, 1.82) is 0 Å². The molecule has 0 fully saturated rings. The van der Waals surface area contributed by atoms with Gasteiger partial charge >= 0.3 is 0 Å². The van der Waals surface area contributed by atoms with Crippen LogP contribution in [0.4, 0.5) is 4.39 Å². The third kappa shape index (κ3) is 1.80. The Morgan fingerprint density at radius 3 is 2.38 bits per heavy atom. The molecule has 1 aromatic rings. The first-order valence-corrected chi connectivity index (χ1v) is 4.82. The van der Waals surface area contributed by atoms with Crippen molar-refractivity contribution < 1.29 is 4.39 Å². The number of hydrogen-bond acceptors (Lipinski definition) is 0. The third-order valence-electron chi connectivity index (χ3n) is 2.06. The largest absolute Gasteiger partial charge is 0.206 e. The average molecular weight is 178 g/mol. The van der Waals surface area contributed by atoms with E-state index in [9.17, 15) is 4.39 Å². The average Bonchev–Trinajstić information content (AvgIpc) is 2.19. The highest BCUT2D eigenvalue weighted by Crippen LogP contribution is 2.33.